The van der Waals surface area contributed by atoms with Crippen molar-refractivity contribution in [2.75, 3.05) is 18.5 Å². The summed E-state index contributed by atoms with van der Waals surface area (Å²) in [6, 6.07) is 6.21. The maximum atomic E-state index is 14.5. The topological polar surface area (TPSA) is 210 Å². The Morgan fingerprint density at radius 3 is 2.46 bits per heavy atom. The minimum atomic E-state index is -1.44. The van der Waals surface area contributed by atoms with Gasteiger partial charge in [-0.05, 0) is 85.5 Å². The number of allylic oxidation sites excluding steroid dienone is 4. The number of ether oxygens (including phenoxy) is 4. The number of ketones is 2. The molecule has 4 aliphatic carbocycles. The summed E-state index contributed by atoms with van der Waals surface area (Å²) in [5.41, 5.74) is 4.55. The largest absolute Gasteiger partial charge is 0.461 e. The fourth-order valence-corrected chi connectivity index (χ4v) is 11.0. The molecule has 57 heavy (non-hydrogen) atoms. The number of anilines is 1. The zero-order valence-corrected chi connectivity index (χ0v) is 33.4. The second kappa shape index (κ2) is 16.9. The third-order valence-electron chi connectivity index (χ3n) is 13.5. The van der Waals surface area contributed by atoms with E-state index < -0.39 is 70.6 Å². The number of unbranched alkanes of at least 4 members (excludes halogenated alkanes) is 1. The highest BCUT2D eigenvalue weighted by molar-refractivity contribution is 6.16. The van der Waals surface area contributed by atoms with Gasteiger partial charge in [0.25, 0.3) is 0 Å². The Bertz CT molecular complexity index is 1820. The molecule has 308 valence electrons. The molecular formula is C42H56BN3O11. The van der Waals surface area contributed by atoms with Gasteiger partial charge in [-0.2, -0.15) is 0 Å². The van der Waals surface area contributed by atoms with Gasteiger partial charge in [-0.25, -0.2) is 4.79 Å². The molecule has 14 nitrogen and oxygen atoms in total. The number of carbonyl (C=O) groups excluding carboxylic acids is 6. The number of primary amides is 1. The highest BCUT2D eigenvalue weighted by Gasteiger charge is 2.78. The molecule has 1 saturated heterocycles. The fraction of sp³-hybridized carbons (Fsp3) is 0.619. The van der Waals surface area contributed by atoms with Gasteiger partial charge in [0.15, 0.2) is 24.3 Å². The molecule has 0 radical (unpaired) electrons. The van der Waals surface area contributed by atoms with E-state index in [9.17, 15) is 33.9 Å². The van der Waals surface area contributed by atoms with Crippen molar-refractivity contribution in [2.45, 2.75) is 127 Å². The number of rotatable bonds is 16. The zero-order valence-electron chi connectivity index (χ0n) is 33.4. The van der Waals surface area contributed by atoms with E-state index >= 15 is 0 Å². The molecule has 1 aliphatic heterocycles. The number of esters is 2. The highest BCUT2D eigenvalue weighted by atomic mass is 16.7. The van der Waals surface area contributed by atoms with E-state index in [1.165, 1.54) is 0 Å². The Morgan fingerprint density at radius 2 is 1.75 bits per heavy atom. The Morgan fingerprint density at radius 1 is 1.04 bits per heavy atom. The van der Waals surface area contributed by atoms with Gasteiger partial charge in [-0.1, -0.05) is 57.4 Å². The number of nitrogens with two attached hydrogens (primary N) is 1. The van der Waals surface area contributed by atoms with Crippen LogP contribution < -0.4 is 16.4 Å². The number of amides is 3. The van der Waals surface area contributed by atoms with E-state index in [1.807, 2.05) is 19.9 Å². The molecule has 9 atom stereocenters. The Balaban J connectivity index is 1.02. The van der Waals surface area contributed by atoms with Crippen LogP contribution in [-0.2, 0) is 49.5 Å². The number of fused-ring (bicyclic) bond motifs is 7. The lowest BCUT2D eigenvalue weighted by Crippen LogP contribution is -2.65. The molecule has 5 aliphatic rings. The fourth-order valence-electron chi connectivity index (χ4n) is 11.0. The van der Waals surface area contributed by atoms with Crippen LogP contribution in [0.1, 0.15) is 97.0 Å². The van der Waals surface area contributed by atoms with Crippen LogP contribution in [0.25, 0.3) is 0 Å². The number of hydrogen-bond donors (Lipinski definition) is 4. The summed E-state index contributed by atoms with van der Waals surface area (Å²) in [4.78, 5) is 75.2. The third kappa shape index (κ3) is 8.20. The van der Waals surface area contributed by atoms with Gasteiger partial charge in [0.05, 0.1) is 25.0 Å². The number of nitrogens with one attached hydrogen (secondary N) is 2. The quantitative estimate of drug-likeness (QED) is 0.108. The van der Waals surface area contributed by atoms with Crippen LogP contribution in [-0.4, -0.2) is 85.6 Å². The van der Waals surface area contributed by atoms with E-state index in [2.05, 4.69) is 25.4 Å². The molecule has 6 rings (SSSR count). The summed E-state index contributed by atoms with van der Waals surface area (Å²) in [7, 11) is 2.20. The van der Waals surface area contributed by atoms with Crippen molar-refractivity contribution in [2.24, 2.45) is 28.4 Å². The first kappa shape index (κ1) is 42.3. The number of hydrogen-bond acceptors (Lipinski definition) is 11. The van der Waals surface area contributed by atoms with Crippen LogP contribution in [0.4, 0.5) is 10.5 Å². The summed E-state index contributed by atoms with van der Waals surface area (Å²) in [6.07, 6.45) is 7.88. The van der Waals surface area contributed by atoms with Crippen LogP contribution in [0, 0.1) is 22.7 Å². The maximum absolute atomic E-state index is 14.5. The molecule has 0 aromatic heterocycles. The first-order valence-corrected chi connectivity index (χ1v) is 20.3. The molecule has 3 unspecified atom stereocenters. The van der Waals surface area contributed by atoms with Crippen LogP contribution in [0.5, 0.6) is 0 Å². The number of aliphatic hydroxyl groups is 1. The van der Waals surface area contributed by atoms with Gasteiger partial charge < -0.3 is 40.4 Å². The van der Waals surface area contributed by atoms with Crippen molar-refractivity contribution < 1.29 is 52.8 Å². The monoisotopic (exact) mass is 789 g/mol. The van der Waals surface area contributed by atoms with Gasteiger partial charge in [0, 0.05) is 29.5 Å². The molecule has 3 saturated carbocycles. The lowest BCUT2D eigenvalue weighted by Gasteiger charge is -2.65. The summed E-state index contributed by atoms with van der Waals surface area (Å²) >= 11 is 0. The maximum Gasteiger partial charge on any atom is 0.312 e. The van der Waals surface area contributed by atoms with Crippen molar-refractivity contribution in [3.05, 3.63) is 53.6 Å². The van der Waals surface area contributed by atoms with E-state index in [0.717, 1.165) is 18.4 Å². The molecule has 5 N–H and O–H groups in total. The molecule has 3 amide bonds. The SMILES string of the molecule is B[C@@]12CCC3=CC(=O)C=C[C@]3(C)C1[C@@H](O)C[C@@]1(C)C2C[C@H]2OC(CCC)O[C@]21C(=O)COC(=O)CCC(=O)OCc1ccc(NC(=O)CCCCNC(N)=O)cc1. The average molecular weight is 790 g/mol. The van der Waals surface area contributed by atoms with Crippen LogP contribution in [0.15, 0.2) is 48.1 Å². The van der Waals surface area contributed by atoms with E-state index in [4.69, 9.17) is 24.7 Å². The smallest absolute Gasteiger partial charge is 0.312 e. The minimum Gasteiger partial charge on any atom is -0.461 e. The number of urea groups is 1. The van der Waals surface area contributed by atoms with Crippen molar-refractivity contribution in [3.63, 3.8) is 0 Å². The van der Waals surface area contributed by atoms with Gasteiger partial charge in [-0.3, -0.25) is 24.0 Å². The molecule has 1 aromatic carbocycles. The van der Waals surface area contributed by atoms with Crippen molar-refractivity contribution in [1.29, 1.82) is 0 Å². The lowest BCUT2D eigenvalue weighted by molar-refractivity contribution is -0.198. The number of benzene rings is 1. The Hall–Kier alpha value is -4.34. The molecule has 15 heteroatoms. The van der Waals surface area contributed by atoms with E-state index in [1.54, 1.807) is 36.4 Å². The predicted octanol–water partition coefficient (Wildman–Crippen LogP) is 3.74. The number of carbonyl (C=O) groups is 6. The van der Waals surface area contributed by atoms with Gasteiger partial charge in [0.1, 0.15) is 14.5 Å². The van der Waals surface area contributed by atoms with Gasteiger partial charge in [-0.15, -0.1) is 0 Å². The Labute approximate surface area is 334 Å². The second-order valence-electron chi connectivity index (χ2n) is 17.1. The summed E-state index contributed by atoms with van der Waals surface area (Å²) in [6.45, 7) is 5.94. The number of aliphatic hydroxyl groups excluding tert-OH is 1. The van der Waals surface area contributed by atoms with Crippen molar-refractivity contribution in [3.8, 4) is 0 Å². The van der Waals surface area contributed by atoms with E-state index in [-0.39, 0.29) is 55.8 Å². The molecular weight excluding hydrogens is 733 g/mol. The van der Waals surface area contributed by atoms with Gasteiger partial charge >= 0.3 is 18.0 Å². The normalized spacial score (nSPS) is 33.5. The Kier molecular flexibility index (Phi) is 12.5. The molecule has 4 fully saturated rings. The summed E-state index contributed by atoms with van der Waals surface area (Å²) in [5.74, 6) is -2.21. The predicted molar refractivity (Wildman–Crippen MR) is 210 cm³/mol. The van der Waals surface area contributed by atoms with Crippen molar-refractivity contribution >= 4 is 49.0 Å². The first-order valence-electron chi connectivity index (χ1n) is 20.3. The number of Topliss-reactive ketones (excluding diaryl/α,β-unsaturated/α-hetero) is 1. The second-order valence-corrected chi connectivity index (χ2v) is 17.1. The average Bonchev–Trinajstić information content (AvgIpc) is 3.65. The molecule has 1 aromatic rings. The van der Waals surface area contributed by atoms with Crippen LogP contribution in [0.3, 0.4) is 0 Å². The molecule has 0 bridgehead atoms. The first-order chi connectivity index (χ1) is 27.1. The molecule has 0 spiro atoms. The van der Waals surface area contributed by atoms with Crippen LogP contribution >= 0.6 is 0 Å². The third-order valence-corrected chi connectivity index (χ3v) is 13.5. The van der Waals surface area contributed by atoms with Crippen LogP contribution in [0.2, 0.25) is 5.31 Å². The highest BCUT2D eigenvalue weighted by Crippen LogP contribution is 2.76. The van der Waals surface area contributed by atoms with Gasteiger partial charge in [0.2, 0.25) is 11.7 Å². The van der Waals surface area contributed by atoms with Crippen molar-refractivity contribution in [1.82, 2.24) is 5.32 Å². The summed E-state index contributed by atoms with van der Waals surface area (Å²) < 4.78 is 24.0. The summed E-state index contributed by atoms with van der Waals surface area (Å²) in [5, 5.41) is 16.9. The standard InChI is InChI=1S/C42H56BN3O11/c1-4-7-36-56-32-21-30-40(3,22-29(48)37-39(2)17-16-28(47)20-26(39)15-18-41(30,37)43)42(32,57-36)31(49)24-55-35(52)14-13-34(51)54-23-25-9-11-27(12-10-25)46-33(50)8-5-6-19-45-38(44)53/h9-12,16-17,20,29-30,32,36-37,48H,4-8,13-15,18-19,21-24,43H2,1-3H3,(H,46,50)(H3,44,45,53)/t29-,30?,32+,36?,37?,39-,40-,41+,42+/m0/s1. The zero-order chi connectivity index (χ0) is 41.2. The molecule has 1 heterocycles. The minimum absolute atomic E-state index is 0.0373. The lowest BCUT2D eigenvalue weighted by atomic mass is 9.34. The van der Waals surface area contributed by atoms with E-state index in [0.29, 0.717) is 49.9 Å².